The van der Waals surface area contributed by atoms with E-state index >= 15 is 0 Å². The molecule has 0 radical (unpaired) electrons. The maximum atomic E-state index is 11.9. The third kappa shape index (κ3) is 1.94. The topological polar surface area (TPSA) is 57.5 Å². The fourth-order valence-corrected chi connectivity index (χ4v) is 7.30. The molecule has 4 aliphatic rings. The van der Waals surface area contributed by atoms with Gasteiger partial charge >= 0.3 is 0 Å². The Bertz CT molecular complexity index is 594. The van der Waals surface area contributed by atoms with Crippen LogP contribution < -0.4 is 0 Å². The molecule has 24 heavy (non-hydrogen) atoms. The van der Waals surface area contributed by atoms with E-state index in [0.717, 1.165) is 44.9 Å². The second kappa shape index (κ2) is 5.17. The van der Waals surface area contributed by atoms with Gasteiger partial charge in [0.1, 0.15) is 0 Å². The normalized spacial score (nSPS) is 52.1. The highest BCUT2D eigenvalue weighted by Crippen LogP contribution is 2.67. The molecule has 4 rings (SSSR count). The van der Waals surface area contributed by atoms with Crippen LogP contribution in [0.1, 0.15) is 72.1 Å². The van der Waals surface area contributed by atoms with Crippen LogP contribution in [0, 0.1) is 28.6 Å². The van der Waals surface area contributed by atoms with Crippen molar-refractivity contribution in [3.05, 3.63) is 11.6 Å². The van der Waals surface area contributed by atoms with Crippen molar-refractivity contribution >= 4 is 5.78 Å². The van der Waals surface area contributed by atoms with Crippen LogP contribution in [-0.4, -0.2) is 27.7 Å². The summed E-state index contributed by atoms with van der Waals surface area (Å²) in [7, 11) is 0. The van der Waals surface area contributed by atoms with E-state index in [0.29, 0.717) is 30.0 Å². The molecule has 0 bridgehead atoms. The van der Waals surface area contributed by atoms with Gasteiger partial charge < -0.3 is 10.2 Å². The molecule has 3 nitrogen and oxygen atoms in total. The van der Waals surface area contributed by atoms with E-state index in [1.165, 1.54) is 5.57 Å². The molecule has 7 atom stereocenters. The van der Waals surface area contributed by atoms with Gasteiger partial charge in [0.2, 0.25) is 0 Å². The minimum atomic E-state index is -0.928. The molecule has 0 amide bonds. The van der Waals surface area contributed by atoms with Crippen molar-refractivity contribution in [1.82, 2.24) is 0 Å². The van der Waals surface area contributed by atoms with Crippen LogP contribution in [0.4, 0.5) is 0 Å². The zero-order valence-corrected chi connectivity index (χ0v) is 15.3. The van der Waals surface area contributed by atoms with Gasteiger partial charge in [0.15, 0.2) is 5.78 Å². The van der Waals surface area contributed by atoms with Gasteiger partial charge in [-0.3, -0.25) is 4.79 Å². The number of carbonyl (C=O) groups is 1. The largest absolute Gasteiger partial charge is 0.390 e. The van der Waals surface area contributed by atoms with E-state index in [-0.39, 0.29) is 10.8 Å². The number of allylic oxidation sites excluding steroid dienone is 1. The summed E-state index contributed by atoms with van der Waals surface area (Å²) in [6.45, 7) is 6.38. The lowest BCUT2D eigenvalue weighted by Gasteiger charge is -2.59. The molecule has 5 unspecified atom stereocenters. The first-order valence-electron chi connectivity index (χ1n) is 9.87. The Labute approximate surface area is 145 Å². The van der Waals surface area contributed by atoms with E-state index < -0.39 is 11.7 Å². The molecular formula is C21H32O3. The zero-order valence-electron chi connectivity index (χ0n) is 15.3. The lowest BCUT2D eigenvalue weighted by atomic mass is 9.46. The fourth-order valence-electron chi connectivity index (χ4n) is 7.30. The van der Waals surface area contributed by atoms with Gasteiger partial charge in [0.25, 0.3) is 0 Å². The van der Waals surface area contributed by atoms with Crippen LogP contribution in [0.25, 0.3) is 0 Å². The minimum Gasteiger partial charge on any atom is -0.390 e. The van der Waals surface area contributed by atoms with E-state index in [1.807, 2.05) is 6.08 Å². The predicted molar refractivity (Wildman–Crippen MR) is 93.3 cm³/mol. The van der Waals surface area contributed by atoms with Crippen LogP contribution in [-0.2, 0) is 4.79 Å². The Balaban J connectivity index is 1.69. The Kier molecular flexibility index (Phi) is 3.61. The molecule has 0 aromatic heterocycles. The molecular weight excluding hydrogens is 300 g/mol. The second-order valence-electron chi connectivity index (χ2n) is 9.56. The van der Waals surface area contributed by atoms with E-state index in [2.05, 4.69) is 13.8 Å². The lowest BCUT2D eigenvalue weighted by molar-refractivity contribution is -0.171. The SMILES string of the molecule is CC(O)C1(O)CCC2C3CCC4=CC(=O)CC[C@]4(C)C3CC[C@@]21C. The number of carbonyl (C=O) groups excluding carboxylic acids is 1. The number of rotatable bonds is 1. The maximum Gasteiger partial charge on any atom is 0.155 e. The Morgan fingerprint density at radius 2 is 1.79 bits per heavy atom. The molecule has 0 spiro atoms. The van der Waals surface area contributed by atoms with Crippen molar-refractivity contribution < 1.29 is 15.0 Å². The maximum absolute atomic E-state index is 11.9. The van der Waals surface area contributed by atoms with Gasteiger partial charge in [-0.25, -0.2) is 0 Å². The van der Waals surface area contributed by atoms with Crippen molar-refractivity contribution in [2.75, 3.05) is 0 Å². The molecule has 2 N–H and O–H groups in total. The number of hydrogen-bond acceptors (Lipinski definition) is 3. The summed E-state index contributed by atoms with van der Waals surface area (Å²) < 4.78 is 0. The highest BCUT2D eigenvalue weighted by Gasteiger charge is 2.65. The molecule has 0 aromatic carbocycles. The van der Waals surface area contributed by atoms with Crippen LogP contribution in [0.2, 0.25) is 0 Å². The highest BCUT2D eigenvalue weighted by molar-refractivity contribution is 5.91. The van der Waals surface area contributed by atoms with Crippen molar-refractivity contribution in [2.24, 2.45) is 28.6 Å². The summed E-state index contributed by atoms with van der Waals surface area (Å²) in [5.41, 5.74) is 0.489. The molecule has 0 saturated heterocycles. The number of hydrogen-bond donors (Lipinski definition) is 2. The number of ketones is 1. The van der Waals surface area contributed by atoms with Gasteiger partial charge in [-0.15, -0.1) is 0 Å². The predicted octanol–water partition coefficient (Wildman–Crippen LogP) is 3.63. The third-order valence-corrected chi connectivity index (χ3v) is 8.87. The third-order valence-electron chi connectivity index (χ3n) is 8.87. The van der Waals surface area contributed by atoms with Crippen LogP contribution >= 0.6 is 0 Å². The first-order chi connectivity index (χ1) is 11.2. The zero-order chi connectivity index (χ0) is 17.3. The monoisotopic (exact) mass is 332 g/mol. The van der Waals surface area contributed by atoms with E-state index in [4.69, 9.17) is 0 Å². The number of aliphatic hydroxyl groups excluding tert-OH is 1. The molecule has 3 fully saturated rings. The number of aliphatic hydroxyl groups is 2. The first kappa shape index (κ1) is 16.8. The van der Waals surface area contributed by atoms with E-state index in [9.17, 15) is 15.0 Å². The molecule has 4 aliphatic carbocycles. The smallest absolute Gasteiger partial charge is 0.155 e. The summed E-state index contributed by atoms with van der Waals surface area (Å²) in [4.78, 5) is 11.9. The quantitative estimate of drug-likeness (QED) is 0.771. The molecule has 0 aliphatic heterocycles. The van der Waals surface area contributed by atoms with Gasteiger partial charge in [-0.1, -0.05) is 19.4 Å². The Morgan fingerprint density at radius 1 is 1.08 bits per heavy atom. The lowest BCUT2D eigenvalue weighted by Crippen LogP contribution is -2.58. The van der Waals surface area contributed by atoms with E-state index in [1.54, 1.807) is 6.92 Å². The van der Waals surface area contributed by atoms with Crippen LogP contribution in [0.5, 0.6) is 0 Å². The average molecular weight is 332 g/mol. The molecule has 134 valence electrons. The van der Waals surface area contributed by atoms with Crippen LogP contribution in [0.3, 0.4) is 0 Å². The number of fused-ring (bicyclic) bond motifs is 5. The minimum absolute atomic E-state index is 0.162. The Morgan fingerprint density at radius 3 is 2.50 bits per heavy atom. The summed E-state index contributed by atoms with van der Waals surface area (Å²) >= 11 is 0. The summed E-state index contributed by atoms with van der Waals surface area (Å²) in [6, 6.07) is 0. The molecule has 0 heterocycles. The second-order valence-corrected chi connectivity index (χ2v) is 9.56. The fraction of sp³-hybridized carbons (Fsp3) is 0.857. The van der Waals surface area contributed by atoms with Crippen molar-refractivity contribution in [3.63, 3.8) is 0 Å². The summed E-state index contributed by atoms with van der Waals surface area (Å²) in [5.74, 6) is 2.09. The standard InChI is InChI=1S/C21H32O3/c1-13(22)21(24)11-8-18-16-5-4-14-12-15(23)6-9-19(14,2)17(16)7-10-20(18,21)3/h12-13,16-18,22,24H,4-11H2,1-3H3/t13?,16?,17?,18?,19-,20-,21?/m0/s1. The summed E-state index contributed by atoms with van der Waals surface area (Å²) in [6.07, 6.45) is 9.07. The molecule has 3 saturated carbocycles. The van der Waals surface area contributed by atoms with Crippen molar-refractivity contribution in [2.45, 2.75) is 83.8 Å². The molecule has 3 heteroatoms. The van der Waals surface area contributed by atoms with Crippen molar-refractivity contribution in [1.29, 1.82) is 0 Å². The summed E-state index contributed by atoms with van der Waals surface area (Å²) in [5, 5.41) is 21.5. The van der Waals surface area contributed by atoms with Crippen LogP contribution in [0.15, 0.2) is 11.6 Å². The first-order valence-corrected chi connectivity index (χ1v) is 9.87. The average Bonchev–Trinajstić information content (AvgIpc) is 2.81. The van der Waals surface area contributed by atoms with Gasteiger partial charge in [-0.05, 0) is 81.1 Å². The molecule has 0 aromatic rings. The Hall–Kier alpha value is -0.670. The van der Waals surface area contributed by atoms with Gasteiger partial charge in [0, 0.05) is 11.8 Å². The van der Waals surface area contributed by atoms with Gasteiger partial charge in [-0.2, -0.15) is 0 Å². The highest BCUT2D eigenvalue weighted by atomic mass is 16.3. The van der Waals surface area contributed by atoms with Gasteiger partial charge in [0.05, 0.1) is 11.7 Å². The van der Waals surface area contributed by atoms with Crippen molar-refractivity contribution in [3.8, 4) is 0 Å².